The van der Waals surface area contributed by atoms with Gasteiger partial charge in [-0.1, -0.05) is 0 Å². The summed E-state index contributed by atoms with van der Waals surface area (Å²) in [5, 5.41) is 49.0. The zero-order valence-corrected chi connectivity index (χ0v) is 12.3. The van der Waals surface area contributed by atoms with Crippen molar-refractivity contribution in [2.45, 2.75) is 31.0 Å². The van der Waals surface area contributed by atoms with Crippen molar-refractivity contribution in [3.63, 3.8) is 0 Å². The number of aromatic nitrogens is 3. The molecule has 0 spiro atoms. The van der Waals surface area contributed by atoms with E-state index in [4.69, 9.17) is 4.74 Å². The van der Waals surface area contributed by atoms with Crippen molar-refractivity contribution in [2.24, 2.45) is 0 Å². The molecule has 0 aromatic carbocycles. The molecule has 4 atom stereocenters. The third kappa shape index (κ3) is 2.29. The van der Waals surface area contributed by atoms with Crippen molar-refractivity contribution in [1.29, 1.82) is 0 Å². The zero-order valence-electron chi connectivity index (χ0n) is 12.3. The maximum absolute atomic E-state index is 10.6. The summed E-state index contributed by atoms with van der Waals surface area (Å²) < 4.78 is 6.98. The lowest BCUT2D eigenvalue weighted by atomic mass is 9.89. The van der Waals surface area contributed by atoms with Crippen molar-refractivity contribution in [2.75, 3.05) is 12.1 Å². The number of nitrogens with zero attached hydrogens (tertiary/aromatic N) is 3. The second-order valence-corrected chi connectivity index (χ2v) is 5.63. The first-order chi connectivity index (χ1) is 11.0. The normalized spacial score (nSPS) is 30.8. The van der Waals surface area contributed by atoms with Gasteiger partial charge in [0, 0.05) is 6.20 Å². The first kappa shape index (κ1) is 16.1. The molecule has 0 amide bonds. The Kier molecular flexibility index (Phi) is 4.00. The molecule has 23 heavy (non-hydrogen) atoms. The standard InChI is InChI=1S/C12H17BN4O6/c1-12(20)8(19)6(3-18)23-11(12)17-2-5(13-21)7-9(16-22)14-4-15-10(7)17/h2,4,6,8,11,13,18-22H,3H2,1H3,(H,14,15,16)/t6?,8?,11?,12-/m1/s1. The molecule has 3 unspecified atom stereocenters. The third-order valence-electron chi connectivity index (χ3n) is 4.15. The van der Waals surface area contributed by atoms with E-state index < -0.39 is 30.6 Å². The van der Waals surface area contributed by atoms with Crippen molar-refractivity contribution in [3.05, 3.63) is 12.5 Å². The van der Waals surface area contributed by atoms with Gasteiger partial charge in [-0.2, -0.15) is 0 Å². The molecule has 1 saturated heterocycles. The topological polar surface area (TPSA) is 153 Å². The van der Waals surface area contributed by atoms with Crippen molar-refractivity contribution < 1.29 is 30.3 Å². The number of rotatable bonds is 4. The van der Waals surface area contributed by atoms with E-state index >= 15 is 0 Å². The van der Waals surface area contributed by atoms with Crippen LogP contribution in [-0.2, 0) is 4.74 Å². The van der Waals surface area contributed by atoms with Gasteiger partial charge in [-0.15, -0.1) is 0 Å². The van der Waals surface area contributed by atoms with E-state index in [-0.39, 0.29) is 18.9 Å². The van der Waals surface area contributed by atoms with Gasteiger partial charge in [-0.05, 0) is 12.4 Å². The number of nitrogens with one attached hydrogen (secondary N) is 1. The van der Waals surface area contributed by atoms with Gasteiger partial charge in [0.25, 0.3) is 0 Å². The molecule has 1 aliphatic heterocycles. The van der Waals surface area contributed by atoms with Gasteiger partial charge in [0.1, 0.15) is 29.8 Å². The van der Waals surface area contributed by atoms with Crippen LogP contribution in [0.3, 0.4) is 0 Å². The van der Waals surface area contributed by atoms with Crippen LogP contribution >= 0.6 is 0 Å². The predicted octanol–water partition coefficient (Wildman–Crippen LogP) is -2.80. The SMILES string of the molecule is C[C@@]1(O)C(O)C(CO)OC1n1cc(BO)c2c(NO)ncnc21. The Balaban J connectivity index is 2.18. The minimum Gasteiger partial charge on any atom is -0.449 e. The molecule has 1 aliphatic rings. The molecule has 0 saturated carbocycles. The molecule has 0 bridgehead atoms. The molecule has 2 aromatic rings. The van der Waals surface area contributed by atoms with Crippen molar-refractivity contribution in [3.8, 4) is 0 Å². The average molecular weight is 324 g/mol. The molecule has 1 fully saturated rings. The predicted molar refractivity (Wildman–Crippen MR) is 79.6 cm³/mol. The van der Waals surface area contributed by atoms with Crippen LogP contribution in [0.15, 0.2) is 12.5 Å². The highest BCUT2D eigenvalue weighted by Gasteiger charge is 2.53. The highest BCUT2D eigenvalue weighted by atomic mass is 16.6. The summed E-state index contributed by atoms with van der Waals surface area (Å²) in [6, 6.07) is 0. The van der Waals surface area contributed by atoms with Crippen LogP contribution < -0.4 is 10.9 Å². The number of hydrogen-bond donors (Lipinski definition) is 6. The molecule has 6 N–H and O–H groups in total. The number of hydrogen-bond acceptors (Lipinski definition) is 9. The van der Waals surface area contributed by atoms with Crippen LogP contribution in [0.25, 0.3) is 11.0 Å². The van der Waals surface area contributed by atoms with Crippen LogP contribution in [-0.4, -0.2) is 72.0 Å². The minimum atomic E-state index is -1.69. The molecule has 3 rings (SSSR count). The average Bonchev–Trinajstić information content (AvgIpc) is 3.03. The largest absolute Gasteiger partial charge is 0.449 e. The highest BCUT2D eigenvalue weighted by Crippen LogP contribution is 2.39. The summed E-state index contributed by atoms with van der Waals surface area (Å²) in [5.74, 6) is 0.0923. The Morgan fingerprint density at radius 2 is 2.22 bits per heavy atom. The summed E-state index contributed by atoms with van der Waals surface area (Å²) in [5.41, 5.74) is 0.929. The monoisotopic (exact) mass is 324 g/mol. The lowest BCUT2D eigenvalue weighted by Crippen LogP contribution is -2.44. The zero-order chi connectivity index (χ0) is 16.8. The molecule has 0 radical (unpaired) electrons. The summed E-state index contributed by atoms with van der Waals surface area (Å²) in [6.07, 6.45) is -0.612. The summed E-state index contributed by atoms with van der Waals surface area (Å²) in [4.78, 5) is 7.97. The molecule has 2 aromatic heterocycles. The number of fused-ring (bicyclic) bond motifs is 1. The van der Waals surface area contributed by atoms with Crippen LogP contribution in [0, 0.1) is 0 Å². The Labute approximate surface area is 131 Å². The summed E-state index contributed by atoms with van der Waals surface area (Å²) >= 11 is 0. The summed E-state index contributed by atoms with van der Waals surface area (Å²) in [6.45, 7) is 0.924. The van der Waals surface area contributed by atoms with E-state index in [0.717, 1.165) is 0 Å². The quantitative estimate of drug-likeness (QED) is 0.259. The molecule has 0 aliphatic carbocycles. The fraction of sp³-hybridized carbons (Fsp3) is 0.500. The van der Waals surface area contributed by atoms with E-state index in [9.17, 15) is 25.6 Å². The number of aliphatic hydroxyl groups excluding tert-OH is 2. The van der Waals surface area contributed by atoms with Crippen LogP contribution in [0.2, 0.25) is 0 Å². The molecule has 3 heterocycles. The van der Waals surface area contributed by atoms with E-state index in [1.165, 1.54) is 24.0 Å². The molecular weight excluding hydrogens is 307 g/mol. The van der Waals surface area contributed by atoms with Gasteiger partial charge in [0.05, 0.1) is 12.0 Å². The first-order valence-corrected chi connectivity index (χ1v) is 6.97. The molecule has 10 nitrogen and oxygen atoms in total. The van der Waals surface area contributed by atoms with Gasteiger partial charge in [-0.3, -0.25) is 10.7 Å². The number of anilines is 1. The van der Waals surface area contributed by atoms with Gasteiger partial charge in [0.2, 0.25) is 0 Å². The van der Waals surface area contributed by atoms with E-state index in [2.05, 4.69) is 9.97 Å². The lowest BCUT2D eigenvalue weighted by Gasteiger charge is -2.27. The lowest BCUT2D eigenvalue weighted by molar-refractivity contribution is -0.0947. The Hall–Kier alpha value is -1.76. The maximum atomic E-state index is 10.6. The second-order valence-electron chi connectivity index (χ2n) is 5.63. The van der Waals surface area contributed by atoms with E-state index in [1.54, 1.807) is 0 Å². The van der Waals surface area contributed by atoms with Gasteiger partial charge < -0.3 is 29.6 Å². The maximum Gasteiger partial charge on any atom is 0.307 e. The smallest absolute Gasteiger partial charge is 0.307 e. The van der Waals surface area contributed by atoms with Gasteiger partial charge >= 0.3 is 7.48 Å². The van der Waals surface area contributed by atoms with E-state index in [1.807, 2.05) is 5.48 Å². The highest BCUT2D eigenvalue weighted by molar-refractivity contribution is 6.50. The number of aliphatic hydroxyl groups is 3. The van der Waals surface area contributed by atoms with Gasteiger partial charge in [0.15, 0.2) is 12.0 Å². The van der Waals surface area contributed by atoms with Crippen LogP contribution in [0.1, 0.15) is 13.2 Å². The Morgan fingerprint density at radius 3 is 2.78 bits per heavy atom. The second kappa shape index (κ2) is 5.71. The summed E-state index contributed by atoms with van der Waals surface area (Å²) in [7, 11) is -0.355. The first-order valence-electron chi connectivity index (χ1n) is 6.97. The van der Waals surface area contributed by atoms with Crippen molar-refractivity contribution in [1.82, 2.24) is 14.5 Å². The van der Waals surface area contributed by atoms with Crippen molar-refractivity contribution >= 4 is 29.8 Å². The fourth-order valence-corrected chi connectivity index (χ4v) is 2.93. The molecule has 124 valence electrons. The molecular formula is C12H17BN4O6. The third-order valence-corrected chi connectivity index (χ3v) is 4.15. The van der Waals surface area contributed by atoms with E-state index in [0.29, 0.717) is 10.8 Å². The number of ether oxygens (including phenoxy) is 1. The van der Waals surface area contributed by atoms with Crippen LogP contribution in [0.5, 0.6) is 0 Å². The Bertz CT molecular complexity index is 723. The van der Waals surface area contributed by atoms with Gasteiger partial charge in [-0.25, -0.2) is 9.97 Å². The minimum absolute atomic E-state index is 0.0923. The van der Waals surface area contributed by atoms with Crippen LogP contribution in [0.4, 0.5) is 5.82 Å². The fourth-order valence-electron chi connectivity index (χ4n) is 2.93. The molecule has 11 heteroatoms. The Morgan fingerprint density at radius 1 is 1.48 bits per heavy atom.